The van der Waals surface area contributed by atoms with Crippen molar-refractivity contribution in [3.05, 3.63) is 0 Å². The van der Waals surface area contributed by atoms with Gasteiger partial charge in [0.25, 0.3) is 0 Å². The largest absolute Gasteiger partial charge is 0.330 e. The van der Waals surface area contributed by atoms with E-state index in [0.29, 0.717) is 0 Å². The lowest BCUT2D eigenvalue weighted by molar-refractivity contribution is 0.281. The van der Waals surface area contributed by atoms with Gasteiger partial charge in [-0.05, 0) is 39.0 Å². The zero-order valence-corrected chi connectivity index (χ0v) is 7.97. The summed E-state index contributed by atoms with van der Waals surface area (Å²) in [6.07, 6.45) is 3.75. The molecule has 0 saturated heterocycles. The highest BCUT2D eigenvalue weighted by Crippen LogP contribution is 1.95. The van der Waals surface area contributed by atoms with E-state index in [1.54, 1.807) is 0 Å². The molecule has 68 valence electrons. The Kier molecular flexibility index (Phi) is 7.96. The molecule has 0 aliphatic rings. The lowest BCUT2D eigenvalue weighted by Gasteiger charge is -2.19. The highest BCUT2D eigenvalue weighted by molar-refractivity contribution is 4.54. The summed E-state index contributed by atoms with van der Waals surface area (Å²) in [5, 5.41) is 0. The van der Waals surface area contributed by atoms with Crippen molar-refractivity contribution >= 4 is 0 Å². The number of hydrogen-bond acceptors (Lipinski definition) is 2. The van der Waals surface area contributed by atoms with E-state index in [1.807, 2.05) is 0 Å². The third-order valence-electron chi connectivity index (χ3n) is 1.95. The van der Waals surface area contributed by atoms with Crippen LogP contribution in [0.3, 0.4) is 0 Å². The Bertz CT molecular complexity index is 66.0. The molecule has 2 heteroatoms. The van der Waals surface area contributed by atoms with Crippen LogP contribution in [0.25, 0.3) is 0 Å². The molecule has 0 aromatic heterocycles. The second-order valence-electron chi connectivity index (χ2n) is 2.93. The minimum atomic E-state index is 0.822. The second kappa shape index (κ2) is 8.02. The maximum Gasteiger partial charge on any atom is -0.000683 e. The van der Waals surface area contributed by atoms with E-state index in [-0.39, 0.29) is 0 Å². The van der Waals surface area contributed by atoms with Crippen LogP contribution in [0.2, 0.25) is 0 Å². The van der Waals surface area contributed by atoms with Gasteiger partial charge in [-0.1, -0.05) is 20.3 Å². The number of unbranched alkanes of at least 4 members (excludes halogenated alkanes) is 1. The third kappa shape index (κ3) is 6.32. The van der Waals surface area contributed by atoms with E-state index in [1.165, 1.54) is 32.5 Å². The van der Waals surface area contributed by atoms with Gasteiger partial charge in [-0.3, -0.25) is 0 Å². The average Bonchev–Trinajstić information content (AvgIpc) is 2.05. The standard InChI is InChI=1S/C9H22N2/c1-3-5-8-11(4-2)9-6-7-10/h3-10H2,1-2H3. The number of rotatable bonds is 7. The van der Waals surface area contributed by atoms with Gasteiger partial charge in [0.15, 0.2) is 0 Å². The first-order valence-electron chi connectivity index (χ1n) is 4.77. The Morgan fingerprint density at radius 2 is 1.73 bits per heavy atom. The van der Waals surface area contributed by atoms with Crippen LogP contribution in [0.1, 0.15) is 33.1 Å². The number of nitrogens with zero attached hydrogens (tertiary/aromatic N) is 1. The molecular formula is C9H22N2. The molecule has 0 aliphatic heterocycles. The predicted molar refractivity (Wildman–Crippen MR) is 50.7 cm³/mol. The molecule has 0 aliphatic carbocycles. The summed E-state index contributed by atoms with van der Waals surface area (Å²) in [6, 6.07) is 0. The molecule has 0 saturated carbocycles. The first kappa shape index (κ1) is 10.9. The topological polar surface area (TPSA) is 29.3 Å². The zero-order chi connectivity index (χ0) is 8.53. The highest BCUT2D eigenvalue weighted by atomic mass is 15.1. The van der Waals surface area contributed by atoms with Gasteiger partial charge in [-0.2, -0.15) is 0 Å². The van der Waals surface area contributed by atoms with Gasteiger partial charge < -0.3 is 10.6 Å². The molecule has 0 heterocycles. The van der Waals surface area contributed by atoms with Crippen LogP contribution in [0.5, 0.6) is 0 Å². The summed E-state index contributed by atoms with van der Waals surface area (Å²) in [6.45, 7) is 8.85. The van der Waals surface area contributed by atoms with Gasteiger partial charge in [0.05, 0.1) is 0 Å². The molecule has 0 fully saturated rings. The summed E-state index contributed by atoms with van der Waals surface area (Å²) in [7, 11) is 0. The van der Waals surface area contributed by atoms with Crippen LogP contribution in [0, 0.1) is 0 Å². The van der Waals surface area contributed by atoms with Crippen LogP contribution in [0.4, 0.5) is 0 Å². The molecule has 0 radical (unpaired) electrons. The average molecular weight is 158 g/mol. The Hall–Kier alpha value is -0.0800. The Morgan fingerprint density at radius 1 is 1.09 bits per heavy atom. The molecule has 2 nitrogen and oxygen atoms in total. The van der Waals surface area contributed by atoms with Crippen molar-refractivity contribution in [1.29, 1.82) is 0 Å². The summed E-state index contributed by atoms with van der Waals surface area (Å²) in [4.78, 5) is 2.47. The molecule has 0 aromatic carbocycles. The van der Waals surface area contributed by atoms with Crippen molar-refractivity contribution in [1.82, 2.24) is 4.90 Å². The summed E-state index contributed by atoms with van der Waals surface area (Å²) < 4.78 is 0. The Balaban J connectivity index is 3.25. The molecular weight excluding hydrogens is 136 g/mol. The Morgan fingerprint density at radius 3 is 2.18 bits per heavy atom. The number of nitrogens with two attached hydrogens (primary N) is 1. The van der Waals surface area contributed by atoms with E-state index in [9.17, 15) is 0 Å². The van der Waals surface area contributed by atoms with Crippen LogP contribution in [-0.2, 0) is 0 Å². The first-order valence-corrected chi connectivity index (χ1v) is 4.77. The molecule has 11 heavy (non-hydrogen) atoms. The molecule has 0 aromatic rings. The normalized spacial score (nSPS) is 10.9. The van der Waals surface area contributed by atoms with E-state index in [0.717, 1.165) is 13.0 Å². The van der Waals surface area contributed by atoms with E-state index >= 15 is 0 Å². The fourth-order valence-corrected chi connectivity index (χ4v) is 1.12. The van der Waals surface area contributed by atoms with Crippen molar-refractivity contribution in [2.75, 3.05) is 26.2 Å². The zero-order valence-electron chi connectivity index (χ0n) is 7.97. The molecule has 0 bridgehead atoms. The number of hydrogen-bond donors (Lipinski definition) is 1. The van der Waals surface area contributed by atoms with Crippen LogP contribution >= 0.6 is 0 Å². The van der Waals surface area contributed by atoms with Crippen molar-refractivity contribution < 1.29 is 0 Å². The quantitative estimate of drug-likeness (QED) is 0.608. The van der Waals surface area contributed by atoms with Gasteiger partial charge in [0.2, 0.25) is 0 Å². The minimum absolute atomic E-state index is 0.822. The van der Waals surface area contributed by atoms with Gasteiger partial charge in [0, 0.05) is 0 Å². The van der Waals surface area contributed by atoms with Gasteiger partial charge in [-0.15, -0.1) is 0 Å². The second-order valence-corrected chi connectivity index (χ2v) is 2.93. The van der Waals surface area contributed by atoms with Crippen molar-refractivity contribution in [3.8, 4) is 0 Å². The molecule has 2 N–H and O–H groups in total. The lowest BCUT2D eigenvalue weighted by Crippen LogP contribution is -2.27. The monoisotopic (exact) mass is 158 g/mol. The molecule has 0 rings (SSSR count). The smallest absolute Gasteiger partial charge is 0.000683 e. The SMILES string of the molecule is CCCCN(CC)CCCN. The summed E-state index contributed by atoms with van der Waals surface area (Å²) >= 11 is 0. The molecule has 0 amide bonds. The molecule has 0 spiro atoms. The van der Waals surface area contributed by atoms with E-state index in [2.05, 4.69) is 18.7 Å². The van der Waals surface area contributed by atoms with E-state index < -0.39 is 0 Å². The van der Waals surface area contributed by atoms with Crippen molar-refractivity contribution in [3.63, 3.8) is 0 Å². The van der Waals surface area contributed by atoms with Crippen LogP contribution < -0.4 is 5.73 Å². The maximum absolute atomic E-state index is 5.43. The maximum atomic E-state index is 5.43. The van der Waals surface area contributed by atoms with Gasteiger partial charge in [0.1, 0.15) is 0 Å². The minimum Gasteiger partial charge on any atom is -0.330 e. The van der Waals surface area contributed by atoms with E-state index in [4.69, 9.17) is 5.73 Å². The van der Waals surface area contributed by atoms with Crippen LogP contribution in [0.15, 0.2) is 0 Å². The molecule has 0 atom stereocenters. The van der Waals surface area contributed by atoms with Crippen LogP contribution in [-0.4, -0.2) is 31.1 Å². The fourth-order valence-electron chi connectivity index (χ4n) is 1.12. The first-order chi connectivity index (χ1) is 5.35. The third-order valence-corrected chi connectivity index (χ3v) is 1.95. The Labute approximate surface area is 70.8 Å². The van der Waals surface area contributed by atoms with Crippen molar-refractivity contribution in [2.45, 2.75) is 33.1 Å². The lowest BCUT2D eigenvalue weighted by atomic mass is 10.3. The summed E-state index contributed by atoms with van der Waals surface area (Å²) in [5.74, 6) is 0. The van der Waals surface area contributed by atoms with Gasteiger partial charge in [-0.25, -0.2) is 0 Å². The van der Waals surface area contributed by atoms with Crippen molar-refractivity contribution in [2.24, 2.45) is 5.73 Å². The highest BCUT2D eigenvalue weighted by Gasteiger charge is 1.98. The summed E-state index contributed by atoms with van der Waals surface area (Å²) in [5.41, 5.74) is 5.43. The predicted octanol–water partition coefficient (Wildman–Crippen LogP) is 1.46. The van der Waals surface area contributed by atoms with Gasteiger partial charge >= 0.3 is 0 Å². The molecule has 0 unspecified atom stereocenters. The fraction of sp³-hybridized carbons (Fsp3) is 1.00.